The minimum atomic E-state index is -4.74. The number of aliphatic hydroxyl groups excluding tert-OH is 1. The van der Waals surface area contributed by atoms with Crippen LogP contribution in [-0.2, 0) is 32.7 Å². The van der Waals surface area contributed by atoms with E-state index in [1.165, 1.54) is 128 Å². The Morgan fingerprint density at radius 1 is 0.528 bits per heavy atom. The van der Waals surface area contributed by atoms with E-state index in [0.29, 0.717) is 12.8 Å². The highest BCUT2D eigenvalue weighted by Crippen LogP contribution is 2.43. The number of carbonyl (C=O) groups is 3. The summed E-state index contributed by atoms with van der Waals surface area (Å²) in [6.45, 7) is 2.53. The third-order valence-electron chi connectivity index (χ3n) is 9.65. The standard InChI is InChI=1S/C41H80NO10P/c1-3-5-7-9-11-12-13-14-15-16-17-18-19-20-21-22-23-24-25-26-27-28-30-32-39(44)42-38(41(46)47)36-52-53(48,49)51-35-37(43)34-50-40(45)33-31-29-10-8-6-4-2/h37-38,43H,3-36H2,1-2H3,(H,42,44)(H,46,47)(H,48,49). The Bertz CT molecular complexity index is 921. The van der Waals surface area contributed by atoms with Crippen LogP contribution in [0.2, 0.25) is 0 Å². The Hall–Kier alpha value is -1.52. The SMILES string of the molecule is CCCCCCCCCCCCCCCCCCCCCCCCCC(=O)NC(COP(=O)(O)OCC(O)COC(=O)CCCCCCCC)C(=O)O. The highest BCUT2D eigenvalue weighted by atomic mass is 31.2. The summed E-state index contributed by atoms with van der Waals surface area (Å²) < 4.78 is 26.6. The molecule has 0 bridgehead atoms. The van der Waals surface area contributed by atoms with Crippen molar-refractivity contribution in [2.24, 2.45) is 0 Å². The molecule has 0 fully saturated rings. The summed E-state index contributed by atoms with van der Waals surface area (Å²) in [5.74, 6) is -2.37. The Labute approximate surface area is 323 Å². The van der Waals surface area contributed by atoms with Crippen molar-refractivity contribution in [3.8, 4) is 0 Å². The van der Waals surface area contributed by atoms with Crippen LogP contribution in [0.4, 0.5) is 0 Å². The summed E-state index contributed by atoms with van der Waals surface area (Å²) in [6.07, 6.45) is 34.7. The lowest BCUT2D eigenvalue weighted by Gasteiger charge is -2.18. The first-order valence-electron chi connectivity index (χ1n) is 21.6. The van der Waals surface area contributed by atoms with Crippen molar-refractivity contribution < 1.29 is 47.8 Å². The van der Waals surface area contributed by atoms with E-state index in [1.54, 1.807) is 0 Å². The van der Waals surface area contributed by atoms with Crippen LogP contribution < -0.4 is 5.32 Å². The summed E-state index contributed by atoms with van der Waals surface area (Å²) in [5.41, 5.74) is 0. The molecule has 1 amide bonds. The Morgan fingerprint density at radius 2 is 0.868 bits per heavy atom. The van der Waals surface area contributed by atoms with Crippen LogP contribution in [0.15, 0.2) is 0 Å². The molecule has 0 rings (SSSR count). The molecular weight excluding hydrogens is 697 g/mol. The second kappa shape index (κ2) is 37.4. The van der Waals surface area contributed by atoms with Gasteiger partial charge in [0.1, 0.15) is 12.7 Å². The Kier molecular flexibility index (Phi) is 36.3. The maximum absolute atomic E-state index is 12.3. The molecule has 0 saturated carbocycles. The fraction of sp³-hybridized carbons (Fsp3) is 0.927. The van der Waals surface area contributed by atoms with Crippen LogP contribution in [0.25, 0.3) is 0 Å². The topological polar surface area (TPSA) is 169 Å². The van der Waals surface area contributed by atoms with E-state index in [1.807, 2.05) is 0 Å². The van der Waals surface area contributed by atoms with Crippen molar-refractivity contribution >= 4 is 25.7 Å². The molecule has 0 saturated heterocycles. The highest BCUT2D eigenvalue weighted by Gasteiger charge is 2.28. The molecule has 53 heavy (non-hydrogen) atoms. The molecule has 3 atom stereocenters. The molecule has 0 aromatic carbocycles. The van der Waals surface area contributed by atoms with E-state index in [4.69, 9.17) is 13.8 Å². The van der Waals surface area contributed by atoms with Gasteiger partial charge in [0.05, 0.1) is 13.2 Å². The number of phosphoric acid groups is 1. The Balaban J connectivity index is 3.77. The number of phosphoric ester groups is 1. The Morgan fingerprint density at radius 3 is 1.25 bits per heavy atom. The molecule has 0 radical (unpaired) electrons. The molecule has 314 valence electrons. The molecule has 0 aromatic rings. The molecular formula is C41H80NO10P. The number of aliphatic carboxylic acids is 1. The number of esters is 1. The van der Waals surface area contributed by atoms with E-state index >= 15 is 0 Å². The van der Waals surface area contributed by atoms with Gasteiger partial charge in [-0.25, -0.2) is 9.36 Å². The number of rotatable bonds is 41. The van der Waals surface area contributed by atoms with E-state index in [0.717, 1.165) is 44.9 Å². The van der Waals surface area contributed by atoms with E-state index in [2.05, 4.69) is 19.2 Å². The minimum Gasteiger partial charge on any atom is -0.480 e. The molecule has 11 nitrogen and oxygen atoms in total. The molecule has 0 aliphatic rings. The normalized spacial score (nSPS) is 13.7. The zero-order valence-corrected chi connectivity index (χ0v) is 34.7. The number of ether oxygens (including phenoxy) is 1. The van der Waals surface area contributed by atoms with Crippen molar-refractivity contribution in [3.63, 3.8) is 0 Å². The van der Waals surface area contributed by atoms with Gasteiger partial charge in [-0.1, -0.05) is 187 Å². The predicted molar refractivity (Wildman–Crippen MR) is 213 cm³/mol. The number of carbonyl (C=O) groups excluding carboxylic acids is 2. The van der Waals surface area contributed by atoms with Crippen LogP contribution in [0.1, 0.15) is 213 Å². The lowest BCUT2D eigenvalue weighted by molar-refractivity contribution is -0.147. The molecule has 0 aliphatic carbocycles. The van der Waals surface area contributed by atoms with Crippen molar-refractivity contribution in [3.05, 3.63) is 0 Å². The van der Waals surface area contributed by atoms with Crippen LogP contribution in [0.5, 0.6) is 0 Å². The molecule has 3 unspecified atom stereocenters. The average Bonchev–Trinajstić information content (AvgIpc) is 3.13. The van der Waals surface area contributed by atoms with Crippen molar-refractivity contribution in [1.82, 2.24) is 5.32 Å². The molecule has 0 aliphatic heterocycles. The second-order valence-corrected chi connectivity index (χ2v) is 16.4. The third-order valence-corrected chi connectivity index (χ3v) is 10.6. The minimum absolute atomic E-state index is 0.153. The molecule has 0 heterocycles. The van der Waals surface area contributed by atoms with E-state index in [-0.39, 0.29) is 12.8 Å². The smallest absolute Gasteiger partial charge is 0.472 e. The number of unbranched alkanes of at least 4 members (excludes halogenated alkanes) is 27. The van der Waals surface area contributed by atoms with Crippen LogP contribution >= 0.6 is 7.82 Å². The summed E-state index contributed by atoms with van der Waals surface area (Å²) in [4.78, 5) is 45.6. The quantitative estimate of drug-likeness (QED) is 0.0266. The van der Waals surface area contributed by atoms with Gasteiger partial charge in [0.15, 0.2) is 6.04 Å². The number of hydrogen-bond donors (Lipinski definition) is 4. The largest absolute Gasteiger partial charge is 0.480 e. The molecule has 4 N–H and O–H groups in total. The van der Waals surface area contributed by atoms with E-state index in [9.17, 15) is 34.1 Å². The third kappa shape index (κ3) is 37.2. The summed E-state index contributed by atoms with van der Waals surface area (Å²) >= 11 is 0. The van der Waals surface area contributed by atoms with Crippen molar-refractivity contribution in [2.75, 3.05) is 19.8 Å². The first-order chi connectivity index (χ1) is 25.6. The van der Waals surface area contributed by atoms with Gasteiger partial charge >= 0.3 is 19.8 Å². The maximum Gasteiger partial charge on any atom is 0.472 e. The summed E-state index contributed by atoms with van der Waals surface area (Å²) in [7, 11) is -4.74. The van der Waals surface area contributed by atoms with Crippen LogP contribution in [0.3, 0.4) is 0 Å². The predicted octanol–water partition coefficient (Wildman–Crippen LogP) is 10.7. The number of carboxylic acids is 1. The van der Waals surface area contributed by atoms with Gasteiger partial charge in [-0.3, -0.25) is 18.6 Å². The van der Waals surface area contributed by atoms with Crippen molar-refractivity contribution in [1.29, 1.82) is 0 Å². The maximum atomic E-state index is 12.3. The van der Waals surface area contributed by atoms with Crippen LogP contribution in [0, 0.1) is 0 Å². The number of hydrogen-bond acceptors (Lipinski definition) is 8. The molecule has 12 heteroatoms. The zero-order valence-electron chi connectivity index (χ0n) is 33.8. The van der Waals surface area contributed by atoms with E-state index < -0.39 is 57.6 Å². The average molecular weight is 778 g/mol. The lowest BCUT2D eigenvalue weighted by atomic mass is 10.0. The number of nitrogens with one attached hydrogen (secondary N) is 1. The number of amides is 1. The van der Waals surface area contributed by atoms with Gasteiger partial charge in [0, 0.05) is 12.8 Å². The molecule has 0 aromatic heterocycles. The first kappa shape index (κ1) is 51.5. The van der Waals surface area contributed by atoms with Crippen molar-refractivity contribution in [2.45, 2.75) is 225 Å². The zero-order chi connectivity index (χ0) is 39.3. The number of aliphatic hydroxyl groups is 1. The van der Waals surface area contributed by atoms with Gasteiger partial charge in [-0.2, -0.15) is 0 Å². The highest BCUT2D eigenvalue weighted by molar-refractivity contribution is 7.47. The fourth-order valence-corrected chi connectivity index (χ4v) is 7.03. The van der Waals surface area contributed by atoms with Gasteiger partial charge < -0.3 is 25.2 Å². The second-order valence-electron chi connectivity index (χ2n) is 14.9. The van der Waals surface area contributed by atoms with Gasteiger partial charge in [0.25, 0.3) is 0 Å². The van der Waals surface area contributed by atoms with Gasteiger partial charge in [0.2, 0.25) is 5.91 Å². The van der Waals surface area contributed by atoms with Gasteiger partial charge in [-0.05, 0) is 12.8 Å². The first-order valence-corrected chi connectivity index (χ1v) is 23.1. The summed E-state index contributed by atoms with van der Waals surface area (Å²) in [6, 6.07) is -1.54. The monoisotopic (exact) mass is 778 g/mol. The number of carboxylic acid groups (broad SMARTS) is 1. The van der Waals surface area contributed by atoms with Gasteiger partial charge in [-0.15, -0.1) is 0 Å². The van der Waals surface area contributed by atoms with Crippen LogP contribution in [-0.4, -0.2) is 64.9 Å². The molecule has 0 spiro atoms. The lowest BCUT2D eigenvalue weighted by Crippen LogP contribution is -2.43. The fourth-order valence-electron chi connectivity index (χ4n) is 6.26. The summed E-state index contributed by atoms with van der Waals surface area (Å²) in [5, 5.41) is 21.7.